The highest BCUT2D eigenvalue weighted by molar-refractivity contribution is 6.15. The number of esters is 1. The van der Waals surface area contributed by atoms with Gasteiger partial charge < -0.3 is 10.5 Å². The molecule has 5 nitrogen and oxygen atoms in total. The normalized spacial score (nSPS) is 14.7. The van der Waals surface area contributed by atoms with E-state index >= 15 is 0 Å². The quantitative estimate of drug-likeness (QED) is 0.499. The van der Waals surface area contributed by atoms with Crippen molar-refractivity contribution < 1.29 is 9.53 Å². The minimum atomic E-state index is -0.469. The molecule has 1 aliphatic heterocycles. The van der Waals surface area contributed by atoms with Crippen molar-refractivity contribution in [2.75, 3.05) is 6.61 Å². The zero-order valence-electron chi connectivity index (χ0n) is 7.62. The molecule has 3 N–H and O–H groups in total. The number of carbonyl (C=O) groups excluding carboxylic acids is 1. The number of nitrogens with zero attached hydrogens (tertiary/aromatic N) is 1. The van der Waals surface area contributed by atoms with E-state index in [1.54, 1.807) is 6.08 Å². The van der Waals surface area contributed by atoms with E-state index in [-0.39, 0.29) is 12.4 Å². The van der Waals surface area contributed by atoms with Crippen LogP contribution in [0.2, 0.25) is 0 Å². The number of hydrogen-bond donors (Lipinski definition) is 2. The Labute approximate surface area is 81.5 Å². The second-order valence-electron chi connectivity index (χ2n) is 2.68. The van der Waals surface area contributed by atoms with Crippen LogP contribution < -0.4 is 5.73 Å². The Balaban J connectivity index is 2.34. The van der Waals surface area contributed by atoms with Crippen LogP contribution in [0.4, 0.5) is 0 Å². The Morgan fingerprint density at radius 3 is 3.00 bits per heavy atom. The first-order chi connectivity index (χ1) is 6.63. The second kappa shape index (κ2) is 4.36. The van der Waals surface area contributed by atoms with Crippen LogP contribution in [-0.4, -0.2) is 24.2 Å². The summed E-state index contributed by atoms with van der Waals surface area (Å²) in [6.07, 6.45) is 3.14. The topological polar surface area (TPSA) is 88.5 Å². The van der Waals surface area contributed by atoms with Crippen molar-refractivity contribution in [1.82, 2.24) is 0 Å². The summed E-state index contributed by atoms with van der Waals surface area (Å²) in [5.41, 5.74) is 6.06. The van der Waals surface area contributed by atoms with Crippen molar-refractivity contribution >= 4 is 17.6 Å². The van der Waals surface area contributed by atoms with E-state index in [9.17, 15) is 4.79 Å². The predicted octanol–water partition coefficient (Wildman–Crippen LogP) is 0.380. The molecule has 0 atom stereocenters. The van der Waals surface area contributed by atoms with Gasteiger partial charge in [0.15, 0.2) is 0 Å². The maximum Gasteiger partial charge on any atom is 0.330 e. The van der Waals surface area contributed by atoms with Gasteiger partial charge in [-0.15, -0.1) is 0 Å². The number of carbonyl (C=O) groups is 1. The van der Waals surface area contributed by atoms with Gasteiger partial charge in [0.2, 0.25) is 0 Å². The number of amidine groups is 2. The molecule has 0 aromatic carbocycles. The Morgan fingerprint density at radius 1 is 1.79 bits per heavy atom. The zero-order valence-corrected chi connectivity index (χ0v) is 7.62. The minimum Gasteiger partial charge on any atom is -0.462 e. The van der Waals surface area contributed by atoms with Gasteiger partial charge in [-0.2, -0.15) is 0 Å². The Morgan fingerprint density at radius 2 is 2.50 bits per heavy atom. The van der Waals surface area contributed by atoms with E-state index in [2.05, 4.69) is 11.6 Å². The summed E-state index contributed by atoms with van der Waals surface area (Å²) in [6.45, 7) is 3.47. The fourth-order valence-electron chi connectivity index (χ4n) is 0.991. The largest absolute Gasteiger partial charge is 0.462 e. The lowest BCUT2D eigenvalue weighted by molar-refractivity contribution is -0.137. The standard InChI is InChI=1S/C9H11N3O2/c1-2-8(13)14-4-3-6-5-7(10)12-9(6)11/h2,5H,1,3-4H2,(H3,10,11,12). The summed E-state index contributed by atoms with van der Waals surface area (Å²) < 4.78 is 4.75. The second-order valence-corrected chi connectivity index (χ2v) is 2.68. The molecule has 1 heterocycles. The molecule has 0 aromatic heterocycles. The van der Waals surface area contributed by atoms with Crippen molar-refractivity contribution in [3.8, 4) is 0 Å². The summed E-state index contributed by atoms with van der Waals surface area (Å²) in [5, 5.41) is 7.37. The number of ether oxygens (including phenoxy) is 1. The van der Waals surface area contributed by atoms with E-state index < -0.39 is 5.97 Å². The number of rotatable bonds is 4. The molecule has 0 amide bonds. The molecule has 1 aliphatic rings. The summed E-state index contributed by atoms with van der Waals surface area (Å²) in [7, 11) is 0. The number of hydrogen-bond acceptors (Lipinski definition) is 4. The molecule has 0 aromatic rings. The van der Waals surface area contributed by atoms with Crippen LogP contribution >= 0.6 is 0 Å². The summed E-state index contributed by atoms with van der Waals surface area (Å²) in [5.74, 6) is -0.0128. The van der Waals surface area contributed by atoms with Crippen molar-refractivity contribution in [3.05, 3.63) is 24.3 Å². The van der Waals surface area contributed by atoms with E-state index in [0.29, 0.717) is 17.8 Å². The zero-order chi connectivity index (χ0) is 10.6. The average Bonchev–Trinajstić information content (AvgIpc) is 2.45. The maximum atomic E-state index is 10.7. The first-order valence-electron chi connectivity index (χ1n) is 4.06. The van der Waals surface area contributed by atoms with Crippen LogP contribution in [-0.2, 0) is 9.53 Å². The molecule has 0 bridgehead atoms. The third-order valence-corrected chi connectivity index (χ3v) is 1.65. The van der Waals surface area contributed by atoms with Gasteiger partial charge in [-0.25, -0.2) is 9.79 Å². The van der Waals surface area contributed by atoms with Crippen molar-refractivity contribution in [3.63, 3.8) is 0 Å². The first kappa shape index (κ1) is 10.2. The van der Waals surface area contributed by atoms with Gasteiger partial charge in [0.05, 0.1) is 6.61 Å². The van der Waals surface area contributed by atoms with Crippen molar-refractivity contribution in [2.24, 2.45) is 10.7 Å². The molecule has 0 fully saturated rings. The number of aliphatic imine (C=N–C) groups is 1. The van der Waals surface area contributed by atoms with Gasteiger partial charge >= 0.3 is 5.97 Å². The van der Waals surface area contributed by atoms with Gasteiger partial charge in [-0.1, -0.05) is 6.58 Å². The lowest BCUT2D eigenvalue weighted by Crippen LogP contribution is -2.05. The van der Waals surface area contributed by atoms with Gasteiger partial charge in [0.25, 0.3) is 0 Å². The van der Waals surface area contributed by atoms with Gasteiger partial charge in [-0.3, -0.25) is 5.41 Å². The molecule has 14 heavy (non-hydrogen) atoms. The van der Waals surface area contributed by atoms with Crippen LogP contribution in [0.25, 0.3) is 0 Å². The SMILES string of the molecule is C=CC(=O)OCCC1=CC(N)=NC1=N. The molecule has 0 radical (unpaired) electrons. The highest BCUT2D eigenvalue weighted by atomic mass is 16.5. The van der Waals surface area contributed by atoms with Gasteiger partial charge in [0.1, 0.15) is 11.7 Å². The highest BCUT2D eigenvalue weighted by Crippen LogP contribution is 2.10. The van der Waals surface area contributed by atoms with E-state index in [0.717, 1.165) is 6.08 Å². The fourth-order valence-corrected chi connectivity index (χ4v) is 0.991. The fraction of sp³-hybridized carbons (Fsp3) is 0.222. The van der Waals surface area contributed by atoms with Gasteiger partial charge in [-0.05, 0) is 6.08 Å². The lowest BCUT2D eigenvalue weighted by atomic mass is 10.2. The number of nitrogens with one attached hydrogen (secondary N) is 1. The van der Waals surface area contributed by atoms with E-state index in [1.165, 1.54) is 0 Å². The molecule has 5 heteroatoms. The highest BCUT2D eigenvalue weighted by Gasteiger charge is 2.12. The Hall–Kier alpha value is -1.91. The summed E-state index contributed by atoms with van der Waals surface area (Å²) in [6, 6.07) is 0. The molecule has 0 saturated heterocycles. The van der Waals surface area contributed by atoms with Crippen molar-refractivity contribution in [2.45, 2.75) is 6.42 Å². The molecule has 1 rings (SSSR count). The Bertz CT molecular complexity index is 342. The van der Waals surface area contributed by atoms with Gasteiger partial charge in [0, 0.05) is 18.1 Å². The number of nitrogens with two attached hydrogens (primary N) is 1. The molecular formula is C9H11N3O2. The molecule has 0 spiro atoms. The lowest BCUT2D eigenvalue weighted by Gasteiger charge is -2.01. The third kappa shape index (κ3) is 2.55. The molecular weight excluding hydrogens is 182 g/mol. The Kier molecular flexibility index (Phi) is 3.17. The van der Waals surface area contributed by atoms with Crippen LogP contribution in [0.15, 0.2) is 29.3 Å². The maximum absolute atomic E-state index is 10.7. The molecule has 0 unspecified atom stereocenters. The van der Waals surface area contributed by atoms with Crippen LogP contribution in [0, 0.1) is 5.41 Å². The molecule has 0 aliphatic carbocycles. The smallest absolute Gasteiger partial charge is 0.330 e. The van der Waals surface area contributed by atoms with E-state index in [1.807, 2.05) is 0 Å². The summed E-state index contributed by atoms with van der Waals surface area (Å²) in [4.78, 5) is 14.4. The molecule has 74 valence electrons. The minimum absolute atomic E-state index is 0.136. The van der Waals surface area contributed by atoms with E-state index in [4.69, 9.17) is 15.9 Å². The van der Waals surface area contributed by atoms with Crippen molar-refractivity contribution in [1.29, 1.82) is 5.41 Å². The summed E-state index contributed by atoms with van der Waals surface area (Å²) >= 11 is 0. The monoisotopic (exact) mass is 193 g/mol. The first-order valence-corrected chi connectivity index (χ1v) is 4.06. The predicted molar refractivity (Wildman–Crippen MR) is 53.2 cm³/mol. The van der Waals surface area contributed by atoms with Crippen LogP contribution in [0.1, 0.15) is 6.42 Å². The molecule has 0 saturated carbocycles. The van der Waals surface area contributed by atoms with Crippen LogP contribution in [0.5, 0.6) is 0 Å². The average molecular weight is 193 g/mol. The third-order valence-electron chi connectivity index (χ3n) is 1.65. The van der Waals surface area contributed by atoms with Crippen LogP contribution in [0.3, 0.4) is 0 Å².